The summed E-state index contributed by atoms with van der Waals surface area (Å²) in [5.74, 6) is 0.571. The summed E-state index contributed by atoms with van der Waals surface area (Å²) in [6.07, 6.45) is 0.914. The number of nitrogens with zero attached hydrogens (tertiary/aromatic N) is 1. The summed E-state index contributed by atoms with van der Waals surface area (Å²) >= 11 is 0. The van der Waals surface area contributed by atoms with E-state index >= 15 is 0 Å². The van der Waals surface area contributed by atoms with Crippen molar-refractivity contribution in [2.45, 2.75) is 13.3 Å². The van der Waals surface area contributed by atoms with Crippen LogP contribution in [0.5, 0.6) is 5.75 Å². The molecule has 25 heavy (non-hydrogen) atoms. The number of anilines is 2. The first-order valence-corrected chi connectivity index (χ1v) is 7.71. The molecular weight excluding hydrogens is 431 g/mol. The van der Waals surface area contributed by atoms with Gasteiger partial charge in [-0.25, -0.2) is 4.99 Å². The van der Waals surface area contributed by atoms with E-state index in [1.54, 1.807) is 7.11 Å². The van der Waals surface area contributed by atoms with Gasteiger partial charge in [-0.2, -0.15) is 0 Å². The molecule has 7 heteroatoms. The van der Waals surface area contributed by atoms with E-state index in [2.05, 4.69) is 22.5 Å². The van der Waals surface area contributed by atoms with Crippen LogP contribution in [0.4, 0.5) is 11.4 Å². The maximum Gasteiger partial charge on any atom is 0.246 e. The van der Waals surface area contributed by atoms with Gasteiger partial charge in [0, 0.05) is 5.69 Å². The highest BCUT2D eigenvalue weighted by Gasteiger charge is 2.05. The van der Waals surface area contributed by atoms with Crippen LogP contribution < -0.4 is 21.1 Å². The fourth-order valence-electron chi connectivity index (χ4n) is 2.15. The molecule has 0 spiro atoms. The molecule has 2 rings (SSSR count). The molecule has 0 atom stereocenters. The second-order valence-corrected chi connectivity index (χ2v) is 5.13. The number of benzene rings is 2. The molecule has 0 aromatic heterocycles. The lowest BCUT2D eigenvalue weighted by Gasteiger charge is -2.10. The van der Waals surface area contributed by atoms with E-state index in [0.29, 0.717) is 11.4 Å². The van der Waals surface area contributed by atoms with E-state index in [1.165, 1.54) is 0 Å². The standard InChI is InChI=1S/C18H22N4O2.HI/c1-3-13-7-6-8-14(11-13)21-17(23)12-20-18(19)22-15-9-4-5-10-16(15)24-2;/h4-11H,3,12H2,1-2H3,(H,21,23)(H3,19,20,22);1H. The minimum atomic E-state index is -0.229. The van der Waals surface area contributed by atoms with Gasteiger partial charge in [0.2, 0.25) is 5.91 Å². The molecule has 1 amide bonds. The van der Waals surface area contributed by atoms with Gasteiger partial charge in [0.25, 0.3) is 0 Å². The Morgan fingerprint density at radius 3 is 2.64 bits per heavy atom. The van der Waals surface area contributed by atoms with Gasteiger partial charge in [-0.1, -0.05) is 31.2 Å². The second-order valence-electron chi connectivity index (χ2n) is 5.13. The highest BCUT2D eigenvalue weighted by molar-refractivity contribution is 14.0. The highest BCUT2D eigenvalue weighted by Crippen LogP contribution is 2.22. The molecule has 0 aliphatic rings. The van der Waals surface area contributed by atoms with Crippen molar-refractivity contribution < 1.29 is 9.53 Å². The number of hydrogen-bond donors (Lipinski definition) is 3. The number of carbonyl (C=O) groups is 1. The number of methoxy groups -OCH3 is 1. The van der Waals surface area contributed by atoms with Crippen molar-refractivity contribution in [2.75, 3.05) is 24.3 Å². The smallest absolute Gasteiger partial charge is 0.246 e. The molecule has 0 bridgehead atoms. The molecule has 0 aliphatic heterocycles. The topological polar surface area (TPSA) is 88.7 Å². The molecule has 4 N–H and O–H groups in total. The molecule has 0 saturated carbocycles. The minimum absolute atomic E-state index is 0. The Morgan fingerprint density at radius 2 is 1.92 bits per heavy atom. The van der Waals surface area contributed by atoms with Gasteiger partial charge in [0.05, 0.1) is 12.8 Å². The summed E-state index contributed by atoms with van der Waals surface area (Å²) in [6, 6.07) is 15.1. The Balaban J connectivity index is 0.00000312. The number of rotatable bonds is 6. The molecule has 6 nitrogen and oxygen atoms in total. The third-order valence-corrected chi connectivity index (χ3v) is 3.38. The van der Waals surface area contributed by atoms with Crippen LogP contribution >= 0.6 is 24.0 Å². The largest absolute Gasteiger partial charge is 0.495 e. The zero-order valence-electron chi connectivity index (χ0n) is 14.3. The maximum absolute atomic E-state index is 12.0. The fraction of sp³-hybridized carbons (Fsp3) is 0.222. The maximum atomic E-state index is 12.0. The third kappa shape index (κ3) is 6.61. The first-order valence-electron chi connectivity index (χ1n) is 7.71. The predicted octanol–water partition coefficient (Wildman–Crippen LogP) is 3.24. The normalized spacial score (nSPS) is 10.6. The molecule has 0 heterocycles. The van der Waals surface area contributed by atoms with Crippen molar-refractivity contribution in [1.82, 2.24) is 0 Å². The number of nitrogens with one attached hydrogen (secondary N) is 2. The van der Waals surface area contributed by atoms with E-state index < -0.39 is 0 Å². The van der Waals surface area contributed by atoms with Crippen LogP contribution in [-0.4, -0.2) is 25.5 Å². The van der Waals surface area contributed by atoms with Gasteiger partial charge in [0.1, 0.15) is 12.3 Å². The number of nitrogens with two attached hydrogens (primary N) is 1. The number of carbonyl (C=O) groups excluding carboxylic acids is 1. The van der Waals surface area contributed by atoms with Gasteiger partial charge in [-0.05, 0) is 36.2 Å². The predicted molar refractivity (Wildman–Crippen MR) is 113 cm³/mol. The lowest BCUT2D eigenvalue weighted by atomic mass is 10.1. The second kappa shape index (κ2) is 10.5. The first kappa shape index (κ1) is 20.8. The number of ether oxygens (including phenoxy) is 1. The zero-order valence-corrected chi connectivity index (χ0v) is 16.6. The van der Waals surface area contributed by atoms with Crippen molar-refractivity contribution in [2.24, 2.45) is 10.7 Å². The Bertz CT molecular complexity index is 735. The van der Waals surface area contributed by atoms with Crippen LogP contribution in [0.15, 0.2) is 53.5 Å². The van der Waals surface area contributed by atoms with Crippen LogP contribution in [0.3, 0.4) is 0 Å². The summed E-state index contributed by atoms with van der Waals surface area (Å²) in [5.41, 5.74) is 8.43. The zero-order chi connectivity index (χ0) is 17.4. The third-order valence-electron chi connectivity index (χ3n) is 3.38. The van der Waals surface area contributed by atoms with Gasteiger partial charge < -0.3 is 21.1 Å². The average Bonchev–Trinajstić information content (AvgIpc) is 2.60. The lowest BCUT2D eigenvalue weighted by molar-refractivity contribution is -0.114. The summed E-state index contributed by atoms with van der Waals surface area (Å²) in [6.45, 7) is 2.00. The summed E-state index contributed by atoms with van der Waals surface area (Å²) in [5, 5.41) is 5.73. The number of amides is 1. The van der Waals surface area contributed by atoms with Crippen molar-refractivity contribution in [3.05, 3.63) is 54.1 Å². The number of halogens is 1. The van der Waals surface area contributed by atoms with E-state index in [9.17, 15) is 4.79 Å². The van der Waals surface area contributed by atoms with Crippen LogP contribution in [0, 0.1) is 0 Å². The molecule has 2 aromatic rings. The van der Waals surface area contributed by atoms with Crippen molar-refractivity contribution in [1.29, 1.82) is 0 Å². The van der Waals surface area contributed by atoms with E-state index in [0.717, 1.165) is 17.7 Å². The SMILES string of the molecule is CCc1cccc(NC(=O)CN=C(N)Nc2ccccc2OC)c1.I. The quantitative estimate of drug-likeness (QED) is 0.355. The summed E-state index contributed by atoms with van der Waals surface area (Å²) in [7, 11) is 1.58. The summed E-state index contributed by atoms with van der Waals surface area (Å²) in [4.78, 5) is 16.0. The first-order chi connectivity index (χ1) is 11.6. The van der Waals surface area contributed by atoms with E-state index in [4.69, 9.17) is 10.5 Å². The van der Waals surface area contributed by atoms with Crippen LogP contribution in [0.1, 0.15) is 12.5 Å². The Kier molecular flexibility index (Phi) is 8.76. The Hall–Kier alpha value is -2.29. The number of guanidine groups is 1. The molecule has 0 unspecified atom stereocenters. The van der Waals surface area contributed by atoms with Gasteiger partial charge >= 0.3 is 0 Å². The van der Waals surface area contributed by atoms with Crippen molar-refractivity contribution in [3.8, 4) is 5.75 Å². The van der Waals surface area contributed by atoms with Crippen molar-refractivity contribution >= 4 is 47.2 Å². The Morgan fingerprint density at radius 1 is 1.16 bits per heavy atom. The monoisotopic (exact) mass is 454 g/mol. The van der Waals surface area contributed by atoms with Gasteiger partial charge in [-0.3, -0.25) is 4.79 Å². The minimum Gasteiger partial charge on any atom is -0.495 e. The van der Waals surface area contributed by atoms with Crippen LogP contribution in [0.25, 0.3) is 0 Å². The highest BCUT2D eigenvalue weighted by atomic mass is 127. The van der Waals surface area contributed by atoms with E-state index in [-0.39, 0.29) is 42.4 Å². The van der Waals surface area contributed by atoms with Crippen LogP contribution in [0.2, 0.25) is 0 Å². The lowest BCUT2D eigenvalue weighted by Crippen LogP contribution is -2.25. The molecule has 0 radical (unpaired) electrons. The summed E-state index contributed by atoms with van der Waals surface area (Å²) < 4.78 is 5.22. The molecule has 0 aliphatic carbocycles. The van der Waals surface area contributed by atoms with Crippen LogP contribution in [-0.2, 0) is 11.2 Å². The van der Waals surface area contributed by atoms with Gasteiger partial charge in [-0.15, -0.1) is 24.0 Å². The van der Waals surface area contributed by atoms with Crippen molar-refractivity contribution in [3.63, 3.8) is 0 Å². The number of aryl methyl sites for hydroxylation is 1. The molecule has 2 aromatic carbocycles. The number of para-hydroxylation sites is 2. The molecule has 0 saturated heterocycles. The van der Waals surface area contributed by atoms with E-state index in [1.807, 2.05) is 48.5 Å². The fourth-order valence-corrected chi connectivity index (χ4v) is 2.15. The van der Waals surface area contributed by atoms with Gasteiger partial charge in [0.15, 0.2) is 5.96 Å². The number of aliphatic imine (C=N–C) groups is 1. The number of hydrogen-bond acceptors (Lipinski definition) is 3. The molecular formula is C18H23IN4O2. The average molecular weight is 454 g/mol. The molecule has 134 valence electrons. The molecule has 0 fully saturated rings. The Labute approximate surface area is 164 Å².